The summed E-state index contributed by atoms with van der Waals surface area (Å²) in [6.45, 7) is 1.85. The molecule has 0 spiro atoms. The molecular formula is C19H17ClN2O2S2. The van der Waals surface area contributed by atoms with Crippen molar-refractivity contribution in [3.8, 4) is 17.0 Å². The lowest BCUT2D eigenvalue weighted by molar-refractivity contribution is -0.115. The SMILES string of the molecule is COc1ccc(Cl)cc1NC(=O)[C@@H](C)Sc1nc(-c2ccccc2)cs1. The van der Waals surface area contributed by atoms with Crippen molar-refractivity contribution in [2.75, 3.05) is 12.4 Å². The summed E-state index contributed by atoms with van der Waals surface area (Å²) >= 11 is 8.97. The Morgan fingerprint density at radius 1 is 1.27 bits per heavy atom. The lowest BCUT2D eigenvalue weighted by Crippen LogP contribution is -2.22. The number of amides is 1. The summed E-state index contributed by atoms with van der Waals surface area (Å²) in [4.78, 5) is 17.1. The van der Waals surface area contributed by atoms with Crippen LogP contribution in [0.5, 0.6) is 5.75 Å². The summed E-state index contributed by atoms with van der Waals surface area (Å²) < 4.78 is 6.11. The van der Waals surface area contributed by atoms with Crippen molar-refractivity contribution >= 4 is 46.3 Å². The summed E-state index contributed by atoms with van der Waals surface area (Å²) in [5.41, 5.74) is 2.54. The zero-order valence-corrected chi connectivity index (χ0v) is 16.6. The van der Waals surface area contributed by atoms with E-state index in [-0.39, 0.29) is 11.2 Å². The molecule has 3 aromatic rings. The number of methoxy groups -OCH3 is 1. The number of anilines is 1. The molecule has 0 aliphatic carbocycles. The van der Waals surface area contributed by atoms with Gasteiger partial charge >= 0.3 is 0 Å². The van der Waals surface area contributed by atoms with Gasteiger partial charge < -0.3 is 10.1 Å². The maximum atomic E-state index is 12.5. The number of aromatic nitrogens is 1. The Labute approximate surface area is 165 Å². The Kier molecular flexibility index (Phi) is 6.19. The second-order valence-corrected chi connectivity index (χ2v) is 8.34. The van der Waals surface area contributed by atoms with E-state index in [4.69, 9.17) is 16.3 Å². The molecule has 0 saturated heterocycles. The van der Waals surface area contributed by atoms with E-state index in [1.165, 1.54) is 23.1 Å². The summed E-state index contributed by atoms with van der Waals surface area (Å²) in [5.74, 6) is 0.438. The van der Waals surface area contributed by atoms with Gasteiger partial charge in [0, 0.05) is 16.0 Å². The number of nitrogens with zero attached hydrogens (tertiary/aromatic N) is 1. The van der Waals surface area contributed by atoms with Crippen LogP contribution in [0.2, 0.25) is 5.02 Å². The first-order valence-electron chi connectivity index (χ1n) is 7.89. The molecule has 1 heterocycles. The third kappa shape index (κ3) is 4.58. The molecular weight excluding hydrogens is 388 g/mol. The fraction of sp³-hybridized carbons (Fsp3) is 0.158. The molecule has 0 fully saturated rings. The molecule has 0 aliphatic rings. The number of thiazole rings is 1. The normalized spacial score (nSPS) is 11.8. The average Bonchev–Trinajstić information content (AvgIpc) is 3.11. The van der Waals surface area contributed by atoms with Crippen LogP contribution in [0.1, 0.15) is 6.92 Å². The molecule has 0 radical (unpaired) electrons. The van der Waals surface area contributed by atoms with E-state index in [1.807, 2.05) is 42.6 Å². The standard InChI is InChI=1S/C19H17ClN2O2S2/c1-12(18(23)21-15-10-14(20)8-9-17(15)24-2)26-19-22-16(11-25-19)13-6-4-3-5-7-13/h3-12H,1-2H3,(H,21,23)/t12-/m1/s1. The van der Waals surface area contributed by atoms with Gasteiger partial charge in [0.1, 0.15) is 5.75 Å². The third-order valence-corrected chi connectivity index (χ3v) is 5.93. The molecule has 3 rings (SSSR count). The number of thioether (sulfide) groups is 1. The van der Waals surface area contributed by atoms with Crippen molar-refractivity contribution in [3.63, 3.8) is 0 Å². The molecule has 0 saturated carbocycles. The zero-order valence-electron chi connectivity index (χ0n) is 14.2. The molecule has 0 bridgehead atoms. The molecule has 1 amide bonds. The molecule has 2 aromatic carbocycles. The van der Waals surface area contributed by atoms with E-state index >= 15 is 0 Å². The van der Waals surface area contributed by atoms with Gasteiger partial charge in [-0.1, -0.05) is 53.7 Å². The molecule has 134 valence electrons. The van der Waals surface area contributed by atoms with E-state index in [9.17, 15) is 4.79 Å². The summed E-state index contributed by atoms with van der Waals surface area (Å²) in [6, 6.07) is 15.1. The van der Waals surface area contributed by atoms with Crippen molar-refractivity contribution < 1.29 is 9.53 Å². The number of carbonyl (C=O) groups excluding carboxylic acids is 1. The van der Waals surface area contributed by atoms with Crippen molar-refractivity contribution in [1.29, 1.82) is 0 Å². The quantitative estimate of drug-likeness (QED) is 0.544. The Hall–Kier alpha value is -2.02. The number of ether oxygens (including phenoxy) is 1. The minimum absolute atomic E-state index is 0.132. The number of benzene rings is 2. The van der Waals surface area contributed by atoms with Crippen LogP contribution in [-0.4, -0.2) is 23.3 Å². The molecule has 26 heavy (non-hydrogen) atoms. The summed E-state index contributed by atoms with van der Waals surface area (Å²) in [7, 11) is 1.55. The number of halogens is 1. The number of carbonyl (C=O) groups is 1. The minimum Gasteiger partial charge on any atom is -0.495 e. The first-order chi connectivity index (χ1) is 12.6. The highest BCUT2D eigenvalue weighted by Crippen LogP contribution is 2.32. The largest absolute Gasteiger partial charge is 0.495 e. The van der Waals surface area contributed by atoms with Gasteiger partial charge in [-0.3, -0.25) is 4.79 Å². The fourth-order valence-electron chi connectivity index (χ4n) is 2.27. The van der Waals surface area contributed by atoms with Crippen LogP contribution in [0.4, 0.5) is 5.69 Å². The predicted molar refractivity (Wildman–Crippen MR) is 110 cm³/mol. The van der Waals surface area contributed by atoms with Crippen molar-refractivity contribution in [1.82, 2.24) is 4.98 Å². The first-order valence-corrected chi connectivity index (χ1v) is 10.0. The second-order valence-electron chi connectivity index (χ2n) is 5.46. The fourth-order valence-corrected chi connectivity index (χ4v) is 4.41. The van der Waals surface area contributed by atoms with Crippen LogP contribution in [0.15, 0.2) is 58.3 Å². The minimum atomic E-state index is -0.312. The highest BCUT2D eigenvalue weighted by Gasteiger charge is 2.18. The molecule has 0 aliphatic heterocycles. The molecule has 1 atom stereocenters. The Morgan fingerprint density at radius 2 is 2.04 bits per heavy atom. The maximum Gasteiger partial charge on any atom is 0.237 e. The van der Waals surface area contributed by atoms with Crippen LogP contribution in [0.25, 0.3) is 11.3 Å². The van der Waals surface area contributed by atoms with Gasteiger partial charge in [0.2, 0.25) is 5.91 Å². The van der Waals surface area contributed by atoms with E-state index in [0.29, 0.717) is 16.5 Å². The van der Waals surface area contributed by atoms with Crippen LogP contribution in [-0.2, 0) is 4.79 Å². The molecule has 4 nitrogen and oxygen atoms in total. The highest BCUT2D eigenvalue weighted by atomic mass is 35.5. The van der Waals surface area contributed by atoms with Crippen LogP contribution < -0.4 is 10.1 Å². The molecule has 1 aromatic heterocycles. The van der Waals surface area contributed by atoms with Gasteiger partial charge in [-0.2, -0.15) is 0 Å². The van der Waals surface area contributed by atoms with E-state index in [2.05, 4.69) is 10.3 Å². The third-order valence-electron chi connectivity index (χ3n) is 3.62. The van der Waals surface area contributed by atoms with E-state index in [1.54, 1.807) is 25.3 Å². The Balaban J connectivity index is 1.67. The molecule has 1 N–H and O–H groups in total. The molecule has 0 unspecified atom stereocenters. The summed E-state index contributed by atoms with van der Waals surface area (Å²) in [6.07, 6.45) is 0. The Morgan fingerprint density at radius 3 is 2.77 bits per heavy atom. The van der Waals surface area contributed by atoms with Crippen LogP contribution in [0, 0.1) is 0 Å². The smallest absolute Gasteiger partial charge is 0.237 e. The number of nitrogens with one attached hydrogen (secondary N) is 1. The lowest BCUT2D eigenvalue weighted by atomic mass is 10.2. The van der Waals surface area contributed by atoms with E-state index < -0.39 is 0 Å². The predicted octanol–water partition coefficient (Wildman–Crippen LogP) is 5.59. The van der Waals surface area contributed by atoms with Crippen LogP contribution >= 0.6 is 34.7 Å². The Bertz CT molecular complexity index is 900. The van der Waals surface area contributed by atoms with Gasteiger partial charge in [-0.05, 0) is 25.1 Å². The van der Waals surface area contributed by atoms with E-state index in [0.717, 1.165) is 15.6 Å². The van der Waals surface area contributed by atoms with Crippen molar-refractivity contribution in [2.45, 2.75) is 16.5 Å². The number of hydrogen-bond donors (Lipinski definition) is 1. The van der Waals surface area contributed by atoms with Gasteiger partial charge in [0.25, 0.3) is 0 Å². The van der Waals surface area contributed by atoms with Crippen LogP contribution in [0.3, 0.4) is 0 Å². The number of rotatable bonds is 6. The topological polar surface area (TPSA) is 51.2 Å². The van der Waals surface area contributed by atoms with Gasteiger partial charge in [-0.25, -0.2) is 4.98 Å². The van der Waals surface area contributed by atoms with Gasteiger partial charge in [0.15, 0.2) is 4.34 Å². The van der Waals surface area contributed by atoms with Gasteiger partial charge in [-0.15, -0.1) is 11.3 Å². The lowest BCUT2D eigenvalue weighted by Gasteiger charge is -2.13. The summed E-state index contributed by atoms with van der Waals surface area (Å²) in [5, 5.41) is 5.10. The highest BCUT2D eigenvalue weighted by molar-refractivity contribution is 8.02. The average molecular weight is 405 g/mol. The first kappa shape index (κ1) is 18.8. The second kappa shape index (κ2) is 8.58. The molecule has 7 heteroatoms. The maximum absolute atomic E-state index is 12.5. The monoisotopic (exact) mass is 404 g/mol. The zero-order chi connectivity index (χ0) is 18.5. The number of hydrogen-bond acceptors (Lipinski definition) is 5. The van der Waals surface area contributed by atoms with Gasteiger partial charge in [0.05, 0.1) is 23.7 Å². The van der Waals surface area contributed by atoms with Crippen molar-refractivity contribution in [3.05, 3.63) is 58.9 Å². The van der Waals surface area contributed by atoms with Crippen molar-refractivity contribution in [2.24, 2.45) is 0 Å².